The van der Waals surface area contributed by atoms with E-state index in [4.69, 9.17) is 10.5 Å². The van der Waals surface area contributed by atoms with Crippen LogP contribution in [0.1, 0.15) is 52.2 Å². The minimum atomic E-state index is -0.235. The van der Waals surface area contributed by atoms with E-state index < -0.39 is 0 Å². The number of hydrogen-bond donors (Lipinski definition) is 0. The maximum Gasteiger partial charge on any atom is 0.154 e. The molecule has 12 nitrogen and oxygen atoms in total. The van der Waals surface area contributed by atoms with Gasteiger partial charge in [-0.15, -0.1) is 10.2 Å². The van der Waals surface area contributed by atoms with Gasteiger partial charge in [0.1, 0.15) is 35.4 Å². The van der Waals surface area contributed by atoms with Crippen molar-refractivity contribution in [2.45, 2.75) is 34.1 Å². The molecule has 0 saturated carbocycles. The molecule has 2 saturated heterocycles. The zero-order valence-electron chi connectivity index (χ0n) is 32.4. The highest BCUT2D eigenvalue weighted by molar-refractivity contribution is 5.50. The molecule has 4 aromatic heterocycles. The number of benzene rings is 2. The summed E-state index contributed by atoms with van der Waals surface area (Å²) in [4.78, 5) is 17.6. The minimum absolute atomic E-state index is 0. The van der Waals surface area contributed by atoms with Crippen molar-refractivity contribution in [2.24, 2.45) is 0 Å². The van der Waals surface area contributed by atoms with Gasteiger partial charge in [0.2, 0.25) is 0 Å². The molecular formula is C45H46F2N12. The van der Waals surface area contributed by atoms with E-state index in [9.17, 15) is 8.78 Å². The lowest BCUT2D eigenvalue weighted by Crippen LogP contribution is -2.47. The van der Waals surface area contributed by atoms with Crippen LogP contribution in [0.2, 0.25) is 0 Å². The molecule has 2 fully saturated rings. The molecule has 0 atom stereocenters. The lowest BCUT2D eigenvalue weighted by atomic mass is 10.1. The van der Waals surface area contributed by atoms with Gasteiger partial charge in [0.15, 0.2) is 11.6 Å². The van der Waals surface area contributed by atoms with Gasteiger partial charge in [-0.3, -0.25) is 0 Å². The fraction of sp³-hybridized carbons (Fsp3) is 0.289. The Morgan fingerprint density at radius 1 is 0.525 bits per heavy atom. The third-order valence-electron chi connectivity index (χ3n) is 10.3. The van der Waals surface area contributed by atoms with Crippen LogP contribution in [0.15, 0.2) is 97.3 Å². The van der Waals surface area contributed by atoms with E-state index in [1.165, 1.54) is 24.3 Å². The summed E-state index contributed by atoms with van der Waals surface area (Å²) in [5.74, 6) is 3.09. The molecule has 6 aromatic rings. The van der Waals surface area contributed by atoms with E-state index in [2.05, 4.69) is 74.2 Å². The SMILES string of the molecule is C.Cc1cc(Cc2ccc(F)cc2)nnc1N1CCN(c2ccc(C#N)cn2)CC1.Cc1cc(N2CCN(c3ccc(C#N)cn3)CC2)nnc1Cc1ccc(F)cc1. The standard InChI is InChI=1S/2C22H21FN6.CH4/c1-16-12-22(27-26-20(16)13-17-2-5-19(23)6-3-17)29-10-8-28(9-11-29)21-7-4-18(14-24)15-25-21;1-16-12-20(13-17-2-5-19(23)6-3-17)26-27-22(16)29-10-8-28(9-11-29)21-7-4-18(14-24)15-25-21;/h2*2-7,12,15H,8-11,13H2,1H3;1H4. The molecule has 0 spiro atoms. The number of halogens is 2. The van der Waals surface area contributed by atoms with Crippen LogP contribution in [0, 0.1) is 48.1 Å². The van der Waals surface area contributed by atoms with Gasteiger partial charge in [-0.1, -0.05) is 31.7 Å². The van der Waals surface area contributed by atoms with Gasteiger partial charge in [0.25, 0.3) is 0 Å². The zero-order valence-corrected chi connectivity index (χ0v) is 32.4. The number of hydrogen-bond acceptors (Lipinski definition) is 12. The fourth-order valence-electron chi connectivity index (χ4n) is 6.96. The van der Waals surface area contributed by atoms with E-state index in [0.29, 0.717) is 24.0 Å². The van der Waals surface area contributed by atoms with E-state index >= 15 is 0 Å². The maximum absolute atomic E-state index is 13.1. The van der Waals surface area contributed by atoms with Gasteiger partial charge in [0.05, 0.1) is 22.5 Å². The molecule has 300 valence electrons. The Morgan fingerprint density at radius 2 is 1.00 bits per heavy atom. The van der Waals surface area contributed by atoms with E-state index in [1.54, 1.807) is 48.8 Å². The molecule has 2 aromatic carbocycles. The second kappa shape index (κ2) is 19.4. The molecule has 14 heteroatoms. The Bertz CT molecular complexity index is 2380. The van der Waals surface area contributed by atoms with Crippen molar-refractivity contribution in [1.29, 1.82) is 10.5 Å². The third-order valence-corrected chi connectivity index (χ3v) is 10.3. The lowest BCUT2D eigenvalue weighted by molar-refractivity contribution is 0.626. The van der Waals surface area contributed by atoms with Crippen molar-refractivity contribution >= 4 is 23.3 Å². The molecule has 8 rings (SSSR count). The largest absolute Gasteiger partial charge is 0.353 e. The predicted octanol–water partition coefficient (Wildman–Crippen LogP) is 6.85. The minimum Gasteiger partial charge on any atom is -0.353 e. The Kier molecular flexibility index (Phi) is 13.7. The number of nitrogens with zero attached hydrogens (tertiary/aromatic N) is 12. The molecule has 0 radical (unpaired) electrons. The first kappa shape index (κ1) is 41.6. The monoisotopic (exact) mass is 792 g/mol. The van der Waals surface area contributed by atoms with Gasteiger partial charge in [-0.25, -0.2) is 18.7 Å². The summed E-state index contributed by atoms with van der Waals surface area (Å²) < 4.78 is 26.1. The number of aryl methyl sites for hydroxylation is 2. The van der Waals surface area contributed by atoms with Gasteiger partial charge < -0.3 is 19.6 Å². The van der Waals surface area contributed by atoms with Crippen molar-refractivity contribution in [3.63, 3.8) is 0 Å². The summed E-state index contributed by atoms with van der Waals surface area (Å²) in [7, 11) is 0. The third kappa shape index (κ3) is 10.7. The van der Waals surface area contributed by atoms with Gasteiger partial charge >= 0.3 is 0 Å². The smallest absolute Gasteiger partial charge is 0.154 e. The summed E-state index contributed by atoms with van der Waals surface area (Å²) in [5.41, 5.74) is 7.10. The molecule has 59 heavy (non-hydrogen) atoms. The van der Waals surface area contributed by atoms with Crippen molar-refractivity contribution in [1.82, 2.24) is 30.4 Å². The zero-order chi connectivity index (χ0) is 40.4. The van der Waals surface area contributed by atoms with Crippen LogP contribution >= 0.6 is 0 Å². The quantitative estimate of drug-likeness (QED) is 0.159. The number of anilines is 4. The molecule has 2 aliphatic rings. The number of rotatable bonds is 8. The molecule has 0 bridgehead atoms. The van der Waals surface area contributed by atoms with E-state index in [0.717, 1.165) is 109 Å². The second-order valence-electron chi connectivity index (χ2n) is 14.3. The van der Waals surface area contributed by atoms with Gasteiger partial charge in [-0.2, -0.15) is 20.7 Å². The van der Waals surface area contributed by atoms with E-state index in [-0.39, 0.29) is 19.1 Å². The molecule has 0 aliphatic carbocycles. The van der Waals surface area contributed by atoms with Crippen LogP contribution in [-0.4, -0.2) is 82.7 Å². The summed E-state index contributed by atoms with van der Waals surface area (Å²) in [6.07, 6.45) is 4.48. The predicted molar refractivity (Wildman–Crippen MR) is 225 cm³/mol. The first-order chi connectivity index (χ1) is 28.2. The highest BCUT2D eigenvalue weighted by Gasteiger charge is 2.22. The van der Waals surface area contributed by atoms with Gasteiger partial charge in [0, 0.05) is 77.6 Å². The number of pyridine rings is 2. The molecule has 0 N–H and O–H groups in total. The second-order valence-corrected chi connectivity index (χ2v) is 14.3. The first-order valence-corrected chi connectivity index (χ1v) is 19.1. The Balaban J connectivity index is 0.000000195. The average molecular weight is 793 g/mol. The summed E-state index contributed by atoms with van der Waals surface area (Å²) >= 11 is 0. The normalized spacial score (nSPS) is 13.7. The van der Waals surface area contributed by atoms with Crippen LogP contribution in [0.5, 0.6) is 0 Å². The number of piperazine rings is 2. The molecule has 2 aliphatic heterocycles. The Labute approximate surface area is 344 Å². The average Bonchev–Trinajstić information content (AvgIpc) is 3.26. The summed E-state index contributed by atoms with van der Waals surface area (Å²) in [6, 6.07) is 28.7. The topological polar surface area (TPSA) is 138 Å². The Hall–Kier alpha value is -7.06. The molecule has 0 unspecified atom stereocenters. The Morgan fingerprint density at radius 3 is 1.44 bits per heavy atom. The molecule has 6 heterocycles. The van der Waals surface area contributed by atoms with Crippen molar-refractivity contribution in [3.8, 4) is 12.1 Å². The summed E-state index contributed by atoms with van der Waals surface area (Å²) in [6.45, 7) is 10.7. The summed E-state index contributed by atoms with van der Waals surface area (Å²) in [5, 5.41) is 35.5. The maximum atomic E-state index is 13.1. The highest BCUT2D eigenvalue weighted by atomic mass is 19.1. The van der Waals surface area contributed by atoms with E-state index in [1.807, 2.05) is 26.0 Å². The van der Waals surface area contributed by atoms with Crippen LogP contribution in [-0.2, 0) is 12.8 Å². The van der Waals surface area contributed by atoms with Crippen molar-refractivity contribution in [3.05, 3.63) is 154 Å². The fourth-order valence-corrected chi connectivity index (χ4v) is 6.96. The van der Waals surface area contributed by atoms with Crippen molar-refractivity contribution in [2.75, 3.05) is 72.0 Å². The van der Waals surface area contributed by atoms with Crippen LogP contribution in [0.25, 0.3) is 0 Å². The lowest BCUT2D eigenvalue weighted by Gasteiger charge is -2.36. The molecular weight excluding hydrogens is 747 g/mol. The highest BCUT2D eigenvalue weighted by Crippen LogP contribution is 2.23. The number of nitriles is 2. The van der Waals surface area contributed by atoms with Crippen LogP contribution in [0.4, 0.5) is 32.1 Å². The first-order valence-electron chi connectivity index (χ1n) is 19.1. The van der Waals surface area contributed by atoms with Crippen LogP contribution in [0.3, 0.4) is 0 Å². The van der Waals surface area contributed by atoms with Crippen LogP contribution < -0.4 is 19.6 Å². The van der Waals surface area contributed by atoms with Crippen molar-refractivity contribution < 1.29 is 8.78 Å². The van der Waals surface area contributed by atoms with Gasteiger partial charge in [-0.05, 0) is 96.8 Å². The number of aromatic nitrogens is 6. The molecule has 0 amide bonds.